The first-order valence-electron chi connectivity index (χ1n) is 8.15. The predicted octanol–water partition coefficient (Wildman–Crippen LogP) is 2.84. The fourth-order valence-electron chi connectivity index (χ4n) is 2.64. The zero-order chi connectivity index (χ0) is 20.1. The van der Waals surface area contributed by atoms with Gasteiger partial charge in [-0.2, -0.15) is 8.78 Å². The molecule has 0 saturated carbocycles. The van der Waals surface area contributed by atoms with E-state index in [1.807, 2.05) is 0 Å². The van der Waals surface area contributed by atoms with E-state index in [1.165, 1.54) is 25.7 Å². The minimum Gasteiger partial charge on any atom is -0.496 e. The molecule has 0 radical (unpaired) electrons. The fraction of sp³-hybridized carbons (Fsp3) is 0.158. The maximum Gasteiger partial charge on any atom is 0.388 e. The maximum atomic E-state index is 12.8. The van der Waals surface area contributed by atoms with E-state index in [0.29, 0.717) is 34.4 Å². The maximum absolute atomic E-state index is 12.8. The molecule has 0 spiro atoms. The van der Waals surface area contributed by atoms with Crippen LogP contribution in [0.4, 0.5) is 8.78 Å². The molecular weight excluding hydrogens is 370 g/mol. The molecule has 28 heavy (non-hydrogen) atoms. The number of hydrogen-bond acceptors (Lipinski definition) is 6. The van der Waals surface area contributed by atoms with Crippen molar-refractivity contribution in [2.24, 2.45) is 5.73 Å². The lowest BCUT2D eigenvalue weighted by molar-refractivity contribution is -0.0524. The summed E-state index contributed by atoms with van der Waals surface area (Å²) >= 11 is 0. The third-order valence-corrected chi connectivity index (χ3v) is 3.84. The largest absolute Gasteiger partial charge is 0.496 e. The predicted molar refractivity (Wildman–Crippen MR) is 96.2 cm³/mol. The number of nitrogens with two attached hydrogens (primary N) is 1. The van der Waals surface area contributed by atoms with Crippen LogP contribution >= 0.6 is 0 Å². The Kier molecular flexibility index (Phi) is 5.73. The second-order valence-corrected chi connectivity index (χ2v) is 5.73. The van der Waals surface area contributed by atoms with Crippen molar-refractivity contribution in [2.75, 3.05) is 7.11 Å². The Labute approximate surface area is 159 Å². The van der Waals surface area contributed by atoms with Gasteiger partial charge in [0.15, 0.2) is 0 Å². The Balaban J connectivity index is 1.98. The standard InChI is InChI=1S/C19H16F2N4O3/c1-27-15-5-3-2-4-13(15)14-7-11(8-25-18(14)28-19(20)21)6-12-9-23-17(16(22)26)24-10-12/h2-5,7-10,19H,6H2,1H3,(H2,22,26). The number of para-hydroxylation sites is 1. The van der Waals surface area contributed by atoms with Crippen molar-refractivity contribution in [1.82, 2.24) is 15.0 Å². The Bertz CT molecular complexity index is 981. The molecule has 144 valence electrons. The van der Waals surface area contributed by atoms with E-state index in [0.717, 1.165) is 0 Å². The second-order valence-electron chi connectivity index (χ2n) is 5.73. The quantitative estimate of drug-likeness (QED) is 0.670. The molecule has 0 aliphatic heterocycles. The van der Waals surface area contributed by atoms with E-state index < -0.39 is 12.5 Å². The minimum atomic E-state index is -3.01. The molecule has 9 heteroatoms. The highest BCUT2D eigenvalue weighted by Crippen LogP contribution is 2.36. The average Bonchev–Trinajstić information content (AvgIpc) is 2.69. The molecule has 2 heterocycles. The molecule has 2 aromatic heterocycles. The molecule has 0 saturated heterocycles. The highest BCUT2D eigenvalue weighted by Gasteiger charge is 2.17. The second kappa shape index (κ2) is 8.38. The number of alkyl halides is 2. The van der Waals surface area contributed by atoms with Gasteiger partial charge in [-0.1, -0.05) is 18.2 Å². The van der Waals surface area contributed by atoms with Gasteiger partial charge in [0.2, 0.25) is 11.7 Å². The van der Waals surface area contributed by atoms with Crippen molar-refractivity contribution in [1.29, 1.82) is 0 Å². The minimum absolute atomic E-state index is 0.0859. The SMILES string of the molecule is COc1ccccc1-c1cc(Cc2cnc(C(N)=O)nc2)cnc1OC(F)F. The molecule has 0 atom stereocenters. The van der Waals surface area contributed by atoms with Crippen LogP contribution < -0.4 is 15.2 Å². The van der Waals surface area contributed by atoms with Crippen LogP contribution in [0.15, 0.2) is 48.9 Å². The van der Waals surface area contributed by atoms with Crippen molar-refractivity contribution < 1.29 is 23.0 Å². The average molecular weight is 386 g/mol. The van der Waals surface area contributed by atoms with E-state index in [4.69, 9.17) is 10.5 Å². The summed E-state index contributed by atoms with van der Waals surface area (Å²) in [5, 5.41) is 0. The Morgan fingerprint density at radius 3 is 2.39 bits per heavy atom. The molecular formula is C19H16F2N4O3. The molecule has 0 bridgehead atoms. The number of amides is 1. The van der Waals surface area contributed by atoms with Gasteiger partial charge in [0, 0.05) is 36.1 Å². The Hall–Kier alpha value is -3.62. The number of halogens is 2. The summed E-state index contributed by atoms with van der Waals surface area (Å²) in [7, 11) is 1.49. The molecule has 0 aliphatic carbocycles. The van der Waals surface area contributed by atoms with Crippen LogP contribution in [0.2, 0.25) is 0 Å². The molecule has 1 amide bonds. The van der Waals surface area contributed by atoms with Gasteiger partial charge >= 0.3 is 6.61 Å². The van der Waals surface area contributed by atoms with Crippen molar-refractivity contribution in [2.45, 2.75) is 13.0 Å². The van der Waals surface area contributed by atoms with Crippen LogP contribution in [-0.4, -0.2) is 34.6 Å². The van der Waals surface area contributed by atoms with E-state index in [9.17, 15) is 13.6 Å². The van der Waals surface area contributed by atoms with Gasteiger partial charge in [0.05, 0.1) is 7.11 Å². The molecule has 2 N–H and O–H groups in total. The Morgan fingerprint density at radius 1 is 1.07 bits per heavy atom. The monoisotopic (exact) mass is 386 g/mol. The summed E-state index contributed by atoms with van der Waals surface area (Å²) < 4.78 is 35.5. The van der Waals surface area contributed by atoms with Crippen LogP contribution in [0.5, 0.6) is 11.6 Å². The van der Waals surface area contributed by atoms with Gasteiger partial charge < -0.3 is 15.2 Å². The summed E-state index contributed by atoms with van der Waals surface area (Å²) in [5.74, 6) is -0.518. The van der Waals surface area contributed by atoms with Gasteiger partial charge in [-0.15, -0.1) is 0 Å². The first-order valence-corrected chi connectivity index (χ1v) is 8.15. The van der Waals surface area contributed by atoms with Crippen LogP contribution in [0.1, 0.15) is 21.7 Å². The van der Waals surface area contributed by atoms with Gasteiger partial charge in [0.25, 0.3) is 5.91 Å². The van der Waals surface area contributed by atoms with Crippen LogP contribution in [0.3, 0.4) is 0 Å². The normalized spacial score (nSPS) is 10.7. The van der Waals surface area contributed by atoms with E-state index in [1.54, 1.807) is 30.3 Å². The number of primary amides is 1. The summed E-state index contributed by atoms with van der Waals surface area (Å²) in [6, 6.07) is 8.65. The van der Waals surface area contributed by atoms with Crippen LogP contribution in [0, 0.1) is 0 Å². The topological polar surface area (TPSA) is 100 Å². The first kappa shape index (κ1) is 19.2. The fourth-order valence-corrected chi connectivity index (χ4v) is 2.64. The number of rotatable bonds is 7. The van der Waals surface area contributed by atoms with Crippen LogP contribution in [0.25, 0.3) is 11.1 Å². The molecule has 3 aromatic rings. The number of hydrogen-bond donors (Lipinski definition) is 1. The van der Waals surface area contributed by atoms with Crippen molar-refractivity contribution in [3.05, 3.63) is 65.9 Å². The Morgan fingerprint density at radius 2 is 1.75 bits per heavy atom. The van der Waals surface area contributed by atoms with Gasteiger partial charge in [-0.3, -0.25) is 4.79 Å². The number of benzene rings is 1. The first-order chi connectivity index (χ1) is 13.5. The lowest BCUT2D eigenvalue weighted by Gasteiger charge is -2.14. The lowest BCUT2D eigenvalue weighted by atomic mass is 10.0. The van der Waals surface area contributed by atoms with Crippen molar-refractivity contribution >= 4 is 5.91 Å². The zero-order valence-corrected chi connectivity index (χ0v) is 14.8. The molecule has 0 aliphatic rings. The number of nitrogens with zero attached hydrogens (tertiary/aromatic N) is 3. The van der Waals surface area contributed by atoms with Gasteiger partial charge in [-0.25, -0.2) is 15.0 Å². The van der Waals surface area contributed by atoms with Crippen molar-refractivity contribution in [3.8, 4) is 22.8 Å². The van der Waals surface area contributed by atoms with E-state index in [-0.39, 0.29) is 11.7 Å². The molecule has 0 fully saturated rings. The number of carbonyl (C=O) groups is 1. The van der Waals surface area contributed by atoms with E-state index >= 15 is 0 Å². The summed E-state index contributed by atoms with van der Waals surface area (Å²) in [5.41, 5.74) is 7.46. The smallest absolute Gasteiger partial charge is 0.388 e. The lowest BCUT2D eigenvalue weighted by Crippen LogP contribution is -2.15. The number of pyridine rings is 1. The number of methoxy groups -OCH3 is 1. The third-order valence-electron chi connectivity index (χ3n) is 3.84. The molecule has 0 unspecified atom stereocenters. The van der Waals surface area contributed by atoms with E-state index in [2.05, 4.69) is 19.7 Å². The van der Waals surface area contributed by atoms with Crippen LogP contribution in [-0.2, 0) is 6.42 Å². The number of carbonyl (C=O) groups excluding carboxylic acids is 1. The summed E-state index contributed by atoms with van der Waals surface area (Å²) in [4.78, 5) is 22.9. The summed E-state index contributed by atoms with van der Waals surface area (Å²) in [6.07, 6.45) is 4.74. The number of aromatic nitrogens is 3. The molecule has 3 rings (SSSR count). The van der Waals surface area contributed by atoms with Gasteiger partial charge in [-0.05, 0) is 23.3 Å². The zero-order valence-electron chi connectivity index (χ0n) is 14.8. The molecule has 7 nitrogen and oxygen atoms in total. The third kappa shape index (κ3) is 4.37. The van der Waals surface area contributed by atoms with Crippen molar-refractivity contribution in [3.63, 3.8) is 0 Å². The van der Waals surface area contributed by atoms with Gasteiger partial charge in [0.1, 0.15) is 5.75 Å². The summed E-state index contributed by atoms with van der Waals surface area (Å²) in [6.45, 7) is -3.01. The molecule has 1 aromatic carbocycles. The highest BCUT2D eigenvalue weighted by atomic mass is 19.3. The highest BCUT2D eigenvalue weighted by molar-refractivity contribution is 5.88. The number of ether oxygens (including phenoxy) is 2.